The van der Waals surface area contributed by atoms with Gasteiger partial charge < -0.3 is 9.52 Å². The SMILES string of the molecule is O=c1oc2cccc(-c3ccccc3)c2c(O)c1-c1ccccc1. The van der Waals surface area contributed by atoms with E-state index in [1.54, 1.807) is 18.2 Å². The molecule has 3 heteroatoms. The Morgan fingerprint density at radius 1 is 0.708 bits per heavy atom. The highest BCUT2D eigenvalue weighted by Crippen LogP contribution is 2.38. The highest BCUT2D eigenvalue weighted by atomic mass is 16.4. The van der Waals surface area contributed by atoms with Gasteiger partial charge in [0.05, 0.1) is 5.39 Å². The van der Waals surface area contributed by atoms with Crippen LogP contribution in [-0.2, 0) is 0 Å². The molecule has 3 aromatic carbocycles. The van der Waals surface area contributed by atoms with Crippen LogP contribution in [0.1, 0.15) is 0 Å². The van der Waals surface area contributed by atoms with Crippen LogP contribution in [0.25, 0.3) is 33.2 Å². The highest BCUT2D eigenvalue weighted by molar-refractivity contribution is 6.01. The molecule has 0 radical (unpaired) electrons. The Morgan fingerprint density at radius 2 is 1.33 bits per heavy atom. The molecule has 24 heavy (non-hydrogen) atoms. The Labute approximate surface area is 138 Å². The lowest BCUT2D eigenvalue weighted by Gasteiger charge is -2.11. The summed E-state index contributed by atoms with van der Waals surface area (Å²) in [5.74, 6) is -0.0492. The first-order valence-electron chi connectivity index (χ1n) is 7.65. The van der Waals surface area contributed by atoms with Crippen molar-refractivity contribution in [1.82, 2.24) is 0 Å². The quantitative estimate of drug-likeness (QED) is 0.539. The van der Waals surface area contributed by atoms with Crippen LogP contribution in [0.15, 0.2) is 88.1 Å². The van der Waals surface area contributed by atoms with Gasteiger partial charge in [0.2, 0.25) is 0 Å². The molecule has 3 nitrogen and oxygen atoms in total. The second-order valence-electron chi connectivity index (χ2n) is 5.52. The topological polar surface area (TPSA) is 50.4 Å². The summed E-state index contributed by atoms with van der Waals surface area (Å²) in [6.07, 6.45) is 0. The molecule has 0 fully saturated rings. The molecule has 1 aromatic heterocycles. The van der Waals surface area contributed by atoms with Crippen LogP contribution in [0, 0.1) is 0 Å². The van der Waals surface area contributed by atoms with Crippen molar-refractivity contribution in [2.24, 2.45) is 0 Å². The standard InChI is InChI=1S/C21H14O3/c22-20-18(15-10-5-2-6-11-15)21(23)24-17-13-7-12-16(19(17)20)14-8-3-1-4-9-14/h1-13,22H. The zero-order valence-corrected chi connectivity index (χ0v) is 12.8. The molecule has 1 N–H and O–H groups in total. The van der Waals surface area contributed by atoms with Gasteiger partial charge >= 0.3 is 5.63 Å². The summed E-state index contributed by atoms with van der Waals surface area (Å²) in [6.45, 7) is 0. The Morgan fingerprint density at radius 3 is 2.00 bits per heavy atom. The second kappa shape index (κ2) is 5.70. The van der Waals surface area contributed by atoms with E-state index >= 15 is 0 Å². The van der Waals surface area contributed by atoms with Gasteiger partial charge in [0.1, 0.15) is 16.9 Å². The van der Waals surface area contributed by atoms with Crippen molar-refractivity contribution >= 4 is 11.0 Å². The highest BCUT2D eigenvalue weighted by Gasteiger charge is 2.18. The zero-order chi connectivity index (χ0) is 16.5. The lowest BCUT2D eigenvalue weighted by molar-refractivity contribution is 0.471. The maximum Gasteiger partial charge on any atom is 0.347 e. The number of rotatable bonds is 2. The van der Waals surface area contributed by atoms with Crippen molar-refractivity contribution in [2.45, 2.75) is 0 Å². The van der Waals surface area contributed by atoms with Crippen LogP contribution in [0.4, 0.5) is 0 Å². The summed E-state index contributed by atoms with van der Waals surface area (Å²) < 4.78 is 5.47. The number of hydrogen-bond acceptors (Lipinski definition) is 3. The number of fused-ring (bicyclic) bond motifs is 1. The Kier molecular flexibility index (Phi) is 3.39. The molecule has 4 aromatic rings. The molecule has 0 saturated heterocycles. The third-order valence-corrected chi connectivity index (χ3v) is 4.05. The van der Waals surface area contributed by atoms with Gasteiger partial charge in [-0.15, -0.1) is 0 Å². The van der Waals surface area contributed by atoms with Crippen LogP contribution in [0.5, 0.6) is 5.75 Å². The Bertz CT molecular complexity index is 1060. The van der Waals surface area contributed by atoms with Crippen molar-refractivity contribution in [3.8, 4) is 28.0 Å². The zero-order valence-electron chi connectivity index (χ0n) is 12.8. The monoisotopic (exact) mass is 314 g/mol. The fourth-order valence-electron chi connectivity index (χ4n) is 2.95. The maximum atomic E-state index is 12.4. The smallest absolute Gasteiger partial charge is 0.347 e. The fraction of sp³-hybridized carbons (Fsp3) is 0. The number of aromatic hydroxyl groups is 1. The third kappa shape index (κ3) is 2.27. The van der Waals surface area contributed by atoms with Gasteiger partial charge in [0.15, 0.2) is 0 Å². The molecule has 0 bridgehead atoms. The van der Waals surface area contributed by atoms with E-state index in [4.69, 9.17) is 4.42 Å². The van der Waals surface area contributed by atoms with E-state index in [0.717, 1.165) is 11.1 Å². The summed E-state index contributed by atoms with van der Waals surface area (Å²) in [4.78, 5) is 12.4. The molecule has 0 spiro atoms. The first-order valence-corrected chi connectivity index (χ1v) is 7.65. The molecule has 116 valence electrons. The molecular formula is C21H14O3. The number of hydrogen-bond donors (Lipinski definition) is 1. The van der Waals surface area contributed by atoms with Gasteiger partial charge in [-0.2, -0.15) is 0 Å². The fourth-order valence-corrected chi connectivity index (χ4v) is 2.95. The number of benzene rings is 3. The summed E-state index contributed by atoms with van der Waals surface area (Å²) in [7, 11) is 0. The van der Waals surface area contributed by atoms with E-state index in [1.807, 2.05) is 60.7 Å². The third-order valence-electron chi connectivity index (χ3n) is 4.05. The van der Waals surface area contributed by atoms with Gasteiger partial charge in [0, 0.05) is 0 Å². The molecule has 0 aliphatic carbocycles. The summed E-state index contributed by atoms with van der Waals surface area (Å²) in [6, 6.07) is 24.2. The second-order valence-corrected chi connectivity index (χ2v) is 5.52. The lowest BCUT2D eigenvalue weighted by atomic mass is 9.97. The lowest BCUT2D eigenvalue weighted by Crippen LogP contribution is -2.04. The largest absolute Gasteiger partial charge is 0.506 e. The minimum Gasteiger partial charge on any atom is -0.506 e. The first-order chi connectivity index (χ1) is 11.8. The van der Waals surface area contributed by atoms with E-state index in [-0.39, 0.29) is 11.3 Å². The predicted molar refractivity (Wildman–Crippen MR) is 95.0 cm³/mol. The molecule has 0 aliphatic heterocycles. The van der Waals surface area contributed by atoms with Crippen molar-refractivity contribution in [3.05, 3.63) is 89.3 Å². The summed E-state index contributed by atoms with van der Waals surface area (Å²) in [5.41, 5.74) is 2.42. The van der Waals surface area contributed by atoms with Crippen molar-refractivity contribution in [1.29, 1.82) is 0 Å². The van der Waals surface area contributed by atoms with E-state index in [2.05, 4.69) is 0 Å². The van der Waals surface area contributed by atoms with E-state index in [9.17, 15) is 9.90 Å². The summed E-state index contributed by atoms with van der Waals surface area (Å²) in [5, 5.41) is 11.4. The molecule has 0 amide bonds. The van der Waals surface area contributed by atoms with Gasteiger partial charge in [-0.05, 0) is 22.8 Å². The van der Waals surface area contributed by atoms with Gasteiger partial charge in [-0.1, -0.05) is 72.8 Å². The Hall–Kier alpha value is -3.33. The molecule has 0 aliphatic rings. The molecular weight excluding hydrogens is 300 g/mol. The van der Waals surface area contributed by atoms with Gasteiger partial charge in [0.25, 0.3) is 0 Å². The summed E-state index contributed by atoms with van der Waals surface area (Å²) >= 11 is 0. The van der Waals surface area contributed by atoms with Crippen LogP contribution >= 0.6 is 0 Å². The first kappa shape index (κ1) is 14.3. The van der Waals surface area contributed by atoms with Crippen LogP contribution in [-0.4, -0.2) is 5.11 Å². The van der Waals surface area contributed by atoms with E-state index in [0.29, 0.717) is 16.5 Å². The van der Waals surface area contributed by atoms with Crippen molar-refractivity contribution in [2.75, 3.05) is 0 Å². The van der Waals surface area contributed by atoms with E-state index in [1.165, 1.54) is 0 Å². The molecule has 0 saturated carbocycles. The minimum atomic E-state index is -0.545. The average molecular weight is 314 g/mol. The molecule has 4 rings (SSSR count). The average Bonchev–Trinajstić information content (AvgIpc) is 2.63. The van der Waals surface area contributed by atoms with Gasteiger partial charge in [-0.25, -0.2) is 4.79 Å². The van der Waals surface area contributed by atoms with Crippen molar-refractivity contribution < 1.29 is 9.52 Å². The minimum absolute atomic E-state index is 0.0492. The van der Waals surface area contributed by atoms with Crippen LogP contribution in [0.3, 0.4) is 0 Å². The van der Waals surface area contributed by atoms with Crippen LogP contribution in [0.2, 0.25) is 0 Å². The normalized spacial score (nSPS) is 10.8. The molecule has 1 heterocycles. The predicted octanol–water partition coefficient (Wildman–Crippen LogP) is 4.83. The Balaban J connectivity index is 2.10. The van der Waals surface area contributed by atoms with Gasteiger partial charge in [-0.3, -0.25) is 0 Å². The van der Waals surface area contributed by atoms with E-state index < -0.39 is 5.63 Å². The van der Waals surface area contributed by atoms with Crippen LogP contribution < -0.4 is 5.63 Å². The molecule has 0 unspecified atom stereocenters. The molecule has 0 atom stereocenters. The maximum absolute atomic E-state index is 12.4. The van der Waals surface area contributed by atoms with Crippen molar-refractivity contribution in [3.63, 3.8) is 0 Å².